The fourth-order valence-corrected chi connectivity index (χ4v) is 0.985. The van der Waals surface area contributed by atoms with Crippen molar-refractivity contribution >= 4 is 44.3 Å². The summed E-state index contributed by atoms with van der Waals surface area (Å²) in [6.45, 7) is 2.63. The van der Waals surface area contributed by atoms with Crippen molar-refractivity contribution < 1.29 is 9.30 Å². The highest BCUT2D eigenvalue weighted by Gasteiger charge is 2.18. The van der Waals surface area contributed by atoms with Gasteiger partial charge in [0.15, 0.2) is 0 Å². The van der Waals surface area contributed by atoms with E-state index in [1.165, 1.54) is 6.26 Å². The van der Waals surface area contributed by atoms with Crippen LogP contribution in [0.3, 0.4) is 0 Å². The van der Waals surface area contributed by atoms with Crippen LogP contribution in [-0.2, 0) is 9.30 Å². The summed E-state index contributed by atoms with van der Waals surface area (Å²) in [6.07, 6.45) is 3.28. The minimum Gasteiger partial charge on any atom is -0.500 e. The lowest BCUT2D eigenvalue weighted by Gasteiger charge is -2.01. The molecule has 0 amide bonds. The molecule has 0 atom stereocenters. The lowest BCUT2D eigenvalue weighted by molar-refractivity contribution is 0.244. The van der Waals surface area contributed by atoms with E-state index in [1.54, 1.807) is 0 Å². The van der Waals surface area contributed by atoms with E-state index in [2.05, 4.69) is 22.9 Å². The maximum Gasteiger partial charge on any atom is 0.291 e. The van der Waals surface area contributed by atoms with Crippen LogP contribution in [0.1, 0.15) is 19.8 Å². The lowest BCUT2D eigenvalue weighted by atomic mass is 10.4. The molecule has 0 radical (unpaired) electrons. The van der Waals surface area contributed by atoms with Gasteiger partial charge >= 0.3 is 0 Å². The van der Waals surface area contributed by atoms with Gasteiger partial charge in [-0.1, -0.05) is 13.3 Å². The Morgan fingerprint density at radius 1 is 1.67 bits per heavy atom. The zero-order chi connectivity index (χ0) is 9.61. The zero-order valence-electron chi connectivity index (χ0n) is 6.60. The van der Waals surface area contributed by atoms with Crippen LogP contribution in [0.25, 0.3) is 0 Å². The van der Waals surface area contributed by atoms with Crippen molar-refractivity contribution in [3.05, 3.63) is 10.5 Å². The highest BCUT2D eigenvalue weighted by molar-refractivity contribution is 9.13. The third kappa shape index (κ3) is 6.36. The third-order valence-corrected chi connectivity index (χ3v) is 5.65. The van der Waals surface area contributed by atoms with E-state index in [-0.39, 0.29) is 4.22 Å². The second kappa shape index (κ2) is 6.31. The van der Waals surface area contributed by atoms with E-state index in [9.17, 15) is 4.57 Å². The molecule has 0 unspecified atom stereocenters. The van der Waals surface area contributed by atoms with E-state index in [0.29, 0.717) is 6.61 Å². The average Bonchev–Trinajstić information content (AvgIpc) is 1.96. The molecule has 0 aliphatic rings. The molecule has 0 bridgehead atoms. The molecule has 0 aromatic heterocycles. The number of halogens is 3. The summed E-state index contributed by atoms with van der Waals surface area (Å²) in [5.41, 5.74) is 0. The van der Waals surface area contributed by atoms with Crippen molar-refractivity contribution in [2.24, 2.45) is 0 Å². The fourth-order valence-electron chi connectivity index (χ4n) is 0.417. The molecule has 0 N–H and O–H groups in total. The number of hydrogen-bond acceptors (Lipinski definition) is 2. The first-order valence-corrected chi connectivity index (χ1v) is 7.76. The number of rotatable bonds is 5. The van der Waals surface area contributed by atoms with Crippen LogP contribution in [0.4, 0.5) is 0 Å². The number of unbranched alkanes of at least 4 members (excludes halogenated alkanes) is 1. The average molecular weight is 296 g/mol. The molecule has 0 spiro atoms. The van der Waals surface area contributed by atoms with Crippen molar-refractivity contribution in [1.29, 1.82) is 0 Å². The number of ether oxygens (including phenoxy) is 1. The van der Waals surface area contributed by atoms with E-state index in [1.807, 2.05) is 0 Å². The van der Waals surface area contributed by atoms with E-state index >= 15 is 0 Å². The summed E-state index contributed by atoms with van der Waals surface area (Å²) in [7, 11) is 0. The molecule has 72 valence electrons. The SMILES string of the molecule is CCCCOC=C(Br)P(=O)(Cl)Cl. The van der Waals surface area contributed by atoms with Crippen LogP contribution >= 0.6 is 44.3 Å². The largest absolute Gasteiger partial charge is 0.500 e. The Hall–Kier alpha value is 0.830. The standard InChI is InChI=1S/C6H10BrCl2O2P/c1-2-3-4-11-5-6(7)12(8,9)10/h5H,2-4H2,1H3. The van der Waals surface area contributed by atoms with Gasteiger partial charge in [-0.15, -0.1) is 0 Å². The summed E-state index contributed by atoms with van der Waals surface area (Å²) in [4.78, 5) is 0. The summed E-state index contributed by atoms with van der Waals surface area (Å²) in [5.74, 6) is -3.21. The summed E-state index contributed by atoms with van der Waals surface area (Å²) >= 11 is 13.6. The van der Waals surface area contributed by atoms with Gasteiger partial charge in [-0.05, 0) is 44.8 Å². The fraction of sp³-hybridized carbons (Fsp3) is 0.667. The first-order valence-electron chi connectivity index (χ1n) is 3.45. The molecule has 0 aromatic carbocycles. The Morgan fingerprint density at radius 3 is 2.67 bits per heavy atom. The predicted molar refractivity (Wildman–Crippen MR) is 57.2 cm³/mol. The lowest BCUT2D eigenvalue weighted by Crippen LogP contribution is -1.85. The van der Waals surface area contributed by atoms with E-state index in [4.69, 9.17) is 27.2 Å². The predicted octanol–water partition coefficient (Wildman–Crippen LogP) is 4.67. The summed E-state index contributed by atoms with van der Waals surface area (Å²) < 4.78 is 16.1. The van der Waals surface area contributed by atoms with Gasteiger partial charge < -0.3 is 4.74 Å². The summed E-state index contributed by atoms with van der Waals surface area (Å²) in [5, 5.41) is 0. The smallest absolute Gasteiger partial charge is 0.291 e. The van der Waals surface area contributed by atoms with E-state index < -0.39 is 5.85 Å². The quantitative estimate of drug-likeness (QED) is 0.419. The van der Waals surface area contributed by atoms with Crippen molar-refractivity contribution in [1.82, 2.24) is 0 Å². The molecule has 0 saturated carbocycles. The van der Waals surface area contributed by atoms with Crippen molar-refractivity contribution in [3.8, 4) is 0 Å². The third-order valence-electron chi connectivity index (χ3n) is 1.05. The molecule has 6 heteroatoms. The Labute approximate surface area is 90.3 Å². The minimum absolute atomic E-state index is 0.203. The molecule has 0 aromatic rings. The van der Waals surface area contributed by atoms with Gasteiger partial charge in [0.1, 0.15) is 10.5 Å². The Morgan fingerprint density at radius 2 is 2.25 bits per heavy atom. The molecule has 0 fully saturated rings. The van der Waals surface area contributed by atoms with Gasteiger partial charge in [-0.25, -0.2) is 0 Å². The van der Waals surface area contributed by atoms with Crippen molar-refractivity contribution in [2.75, 3.05) is 6.61 Å². The summed E-state index contributed by atoms with van der Waals surface area (Å²) in [6, 6.07) is 0. The molecule has 0 heterocycles. The Kier molecular flexibility index (Phi) is 6.75. The van der Waals surface area contributed by atoms with Crippen molar-refractivity contribution in [2.45, 2.75) is 19.8 Å². The molecule has 0 rings (SSSR count). The van der Waals surface area contributed by atoms with Gasteiger partial charge in [0, 0.05) is 0 Å². The maximum atomic E-state index is 10.9. The highest BCUT2D eigenvalue weighted by Crippen LogP contribution is 2.65. The molecule has 0 aliphatic heterocycles. The highest BCUT2D eigenvalue weighted by atomic mass is 79.9. The van der Waals surface area contributed by atoms with Gasteiger partial charge in [-0.3, -0.25) is 4.57 Å². The number of hydrogen-bond donors (Lipinski definition) is 0. The molecular weight excluding hydrogens is 286 g/mol. The van der Waals surface area contributed by atoms with Crippen LogP contribution in [-0.4, -0.2) is 6.61 Å². The van der Waals surface area contributed by atoms with E-state index in [0.717, 1.165) is 12.8 Å². The van der Waals surface area contributed by atoms with Gasteiger partial charge in [-0.2, -0.15) is 0 Å². The Balaban J connectivity index is 3.78. The molecular formula is C6H10BrCl2O2P. The molecule has 0 aliphatic carbocycles. The van der Waals surface area contributed by atoms with Gasteiger partial charge in [0.05, 0.1) is 6.61 Å². The first-order chi connectivity index (χ1) is 5.48. The van der Waals surface area contributed by atoms with Crippen LogP contribution in [0.5, 0.6) is 0 Å². The van der Waals surface area contributed by atoms with Crippen LogP contribution in [0.15, 0.2) is 10.5 Å². The Bertz CT molecular complexity index is 202. The molecule has 0 saturated heterocycles. The second-order valence-electron chi connectivity index (χ2n) is 2.13. The van der Waals surface area contributed by atoms with Crippen LogP contribution in [0.2, 0.25) is 0 Å². The van der Waals surface area contributed by atoms with Crippen LogP contribution in [0, 0.1) is 0 Å². The second-order valence-corrected chi connectivity index (χ2v) is 8.38. The van der Waals surface area contributed by atoms with Gasteiger partial charge in [0.2, 0.25) is 0 Å². The zero-order valence-corrected chi connectivity index (χ0v) is 10.6. The van der Waals surface area contributed by atoms with Crippen LogP contribution < -0.4 is 0 Å². The maximum absolute atomic E-state index is 10.9. The molecule has 12 heavy (non-hydrogen) atoms. The monoisotopic (exact) mass is 294 g/mol. The normalized spacial score (nSPS) is 13.2. The van der Waals surface area contributed by atoms with Crippen molar-refractivity contribution in [3.63, 3.8) is 0 Å². The molecule has 2 nitrogen and oxygen atoms in total. The minimum atomic E-state index is -3.21. The first kappa shape index (κ1) is 12.8. The topological polar surface area (TPSA) is 26.3 Å². The van der Waals surface area contributed by atoms with Gasteiger partial charge in [0.25, 0.3) is 5.85 Å².